The third-order valence-electron chi connectivity index (χ3n) is 4.16. The first-order chi connectivity index (χ1) is 13.5. The molecule has 0 unspecified atom stereocenters. The van der Waals surface area contributed by atoms with E-state index in [0.717, 1.165) is 17.1 Å². The first-order valence-electron chi connectivity index (χ1n) is 9.15. The van der Waals surface area contributed by atoms with Gasteiger partial charge in [0, 0.05) is 6.54 Å². The van der Waals surface area contributed by atoms with Gasteiger partial charge in [-0.25, -0.2) is 0 Å². The number of carbonyl (C=O) groups is 1. The minimum absolute atomic E-state index is 0.0364. The van der Waals surface area contributed by atoms with E-state index in [4.69, 9.17) is 21.7 Å². The molecule has 0 spiro atoms. The zero-order chi connectivity index (χ0) is 20.1. The van der Waals surface area contributed by atoms with Crippen LogP contribution in [-0.4, -0.2) is 34.9 Å². The van der Waals surface area contributed by atoms with Crippen LogP contribution in [0.3, 0.4) is 0 Å². The van der Waals surface area contributed by atoms with E-state index in [1.165, 1.54) is 22.9 Å². The average Bonchev–Trinajstić information content (AvgIpc) is 2.91. The number of likely N-dealkylation sites (N-methyl/N-ethyl adjacent to an activating group) is 1. The predicted octanol–water partition coefficient (Wildman–Crippen LogP) is 4.98. The van der Waals surface area contributed by atoms with Gasteiger partial charge in [0.1, 0.15) is 29.0 Å². The van der Waals surface area contributed by atoms with Crippen LogP contribution in [0.5, 0.6) is 11.5 Å². The van der Waals surface area contributed by atoms with Gasteiger partial charge in [0.25, 0.3) is 5.91 Å². The van der Waals surface area contributed by atoms with E-state index < -0.39 is 0 Å². The molecule has 0 aromatic heterocycles. The fourth-order valence-electron chi connectivity index (χ4n) is 2.95. The summed E-state index contributed by atoms with van der Waals surface area (Å²) in [5.41, 5.74) is 3.26. The van der Waals surface area contributed by atoms with Crippen molar-refractivity contribution in [3.8, 4) is 11.5 Å². The van der Waals surface area contributed by atoms with Gasteiger partial charge in [0.05, 0.1) is 4.91 Å². The van der Waals surface area contributed by atoms with E-state index in [-0.39, 0.29) is 5.91 Å². The van der Waals surface area contributed by atoms with E-state index in [2.05, 4.69) is 19.9 Å². The molecule has 0 saturated carbocycles. The highest BCUT2D eigenvalue weighted by Gasteiger charge is 2.30. The molecular weight excluding hydrogens is 390 g/mol. The van der Waals surface area contributed by atoms with Crippen LogP contribution in [0.4, 0.5) is 0 Å². The highest BCUT2D eigenvalue weighted by Crippen LogP contribution is 2.32. The highest BCUT2D eigenvalue weighted by atomic mass is 32.2. The number of nitrogens with zero attached hydrogens (tertiary/aromatic N) is 1. The van der Waals surface area contributed by atoms with E-state index >= 15 is 0 Å². The number of hydrogen-bond acceptors (Lipinski definition) is 5. The molecule has 4 nitrogen and oxygen atoms in total. The summed E-state index contributed by atoms with van der Waals surface area (Å²) in [4.78, 5) is 14.6. The van der Waals surface area contributed by atoms with Crippen LogP contribution in [0.2, 0.25) is 0 Å². The van der Waals surface area contributed by atoms with Gasteiger partial charge >= 0.3 is 0 Å². The third kappa shape index (κ3) is 5.14. The van der Waals surface area contributed by atoms with Gasteiger partial charge in [-0.15, -0.1) is 0 Å². The zero-order valence-electron chi connectivity index (χ0n) is 16.2. The number of hydrogen-bond donors (Lipinski definition) is 0. The summed E-state index contributed by atoms with van der Waals surface area (Å²) in [6, 6.07) is 13.8. The normalized spacial score (nSPS) is 15.4. The molecule has 1 aliphatic rings. The minimum Gasteiger partial charge on any atom is -0.490 e. The molecule has 1 heterocycles. The maximum absolute atomic E-state index is 12.3. The van der Waals surface area contributed by atoms with Crippen LogP contribution >= 0.6 is 24.0 Å². The number of benzene rings is 2. The molecule has 6 heteroatoms. The number of thioether (sulfide) groups is 1. The third-order valence-corrected chi connectivity index (χ3v) is 5.54. The summed E-state index contributed by atoms with van der Waals surface area (Å²) in [7, 11) is 0. The quantitative estimate of drug-likeness (QED) is 0.364. The molecule has 28 heavy (non-hydrogen) atoms. The van der Waals surface area contributed by atoms with Gasteiger partial charge in [-0.05, 0) is 67.8 Å². The largest absolute Gasteiger partial charge is 0.490 e. The van der Waals surface area contributed by atoms with Crippen molar-refractivity contribution >= 4 is 40.3 Å². The minimum atomic E-state index is -0.0364. The molecule has 0 bridgehead atoms. The molecule has 3 rings (SSSR count). The Bertz CT molecular complexity index is 903. The number of amides is 1. The number of thiocarbonyl (C=S) groups is 1. The molecule has 0 aliphatic carbocycles. The summed E-state index contributed by atoms with van der Waals surface area (Å²) >= 11 is 6.59. The topological polar surface area (TPSA) is 38.8 Å². The molecule has 0 radical (unpaired) electrons. The van der Waals surface area contributed by atoms with Crippen LogP contribution in [-0.2, 0) is 4.79 Å². The van der Waals surface area contributed by atoms with Crippen LogP contribution in [0.15, 0.2) is 47.4 Å². The van der Waals surface area contributed by atoms with Gasteiger partial charge in [0.15, 0.2) is 0 Å². The van der Waals surface area contributed by atoms with Crippen molar-refractivity contribution < 1.29 is 14.3 Å². The van der Waals surface area contributed by atoms with E-state index in [0.29, 0.717) is 29.0 Å². The van der Waals surface area contributed by atoms with E-state index in [1.54, 1.807) is 4.90 Å². The second kappa shape index (κ2) is 9.26. The Morgan fingerprint density at radius 2 is 1.71 bits per heavy atom. The standard InChI is InChI=1S/C22H23NO3S2/c1-4-23-21(24)20(28-22(23)27)14-17-6-5-7-18(13-17)25-8-9-26-19-11-15(2)10-16(3)12-19/h5-7,10-14H,4,8-9H2,1-3H3/b20-14-. The molecule has 2 aromatic carbocycles. The Hall–Kier alpha value is -2.31. The number of carbonyl (C=O) groups excluding carboxylic acids is 1. The first kappa shape index (κ1) is 20.4. The molecule has 0 N–H and O–H groups in total. The van der Waals surface area contributed by atoms with Crippen molar-refractivity contribution in [2.75, 3.05) is 19.8 Å². The lowest BCUT2D eigenvalue weighted by Gasteiger charge is -2.10. The summed E-state index contributed by atoms with van der Waals surface area (Å²) in [5, 5.41) is 0. The Labute approximate surface area is 175 Å². The molecule has 1 saturated heterocycles. The molecule has 146 valence electrons. The lowest BCUT2D eigenvalue weighted by atomic mass is 10.1. The van der Waals surface area contributed by atoms with E-state index in [1.807, 2.05) is 49.4 Å². The van der Waals surface area contributed by atoms with Gasteiger partial charge < -0.3 is 9.47 Å². The SMILES string of the molecule is CCN1C(=O)/C(=C/c2cccc(OCCOc3cc(C)cc(C)c3)c2)SC1=S. The van der Waals surface area contributed by atoms with Crippen molar-refractivity contribution in [3.63, 3.8) is 0 Å². The summed E-state index contributed by atoms with van der Waals surface area (Å²) in [6.45, 7) is 7.51. The Morgan fingerprint density at radius 3 is 2.36 bits per heavy atom. The molecule has 1 aliphatic heterocycles. The van der Waals surface area contributed by atoms with Crippen molar-refractivity contribution in [2.24, 2.45) is 0 Å². The van der Waals surface area contributed by atoms with Crippen molar-refractivity contribution in [1.82, 2.24) is 4.90 Å². The van der Waals surface area contributed by atoms with Gasteiger partial charge in [-0.2, -0.15) is 0 Å². The predicted molar refractivity (Wildman–Crippen MR) is 119 cm³/mol. The maximum Gasteiger partial charge on any atom is 0.266 e. The summed E-state index contributed by atoms with van der Waals surface area (Å²) < 4.78 is 12.2. The van der Waals surface area contributed by atoms with Gasteiger partial charge in [-0.3, -0.25) is 9.69 Å². The fourth-order valence-corrected chi connectivity index (χ4v) is 4.34. The Kier molecular flexibility index (Phi) is 6.75. The van der Waals surface area contributed by atoms with Crippen LogP contribution in [0.1, 0.15) is 23.6 Å². The van der Waals surface area contributed by atoms with Gasteiger partial charge in [-0.1, -0.05) is 42.2 Å². The zero-order valence-corrected chi connectivity index (χ0v) is 17.9. The number of rotatable bonds is 7. The average molecular weight is 414 g/mol. The monoisotopic (exact) mass is 413 g/mol. The fraction of sp³-hybridized carbons (Fsp3) is 0.273. The van der Waals surface area contributed by atoms with Crippen molar-refractivity contribution in [2.45, 2.75) is 20.8 Å². The second-order valence-corrected chi connectivity index (χ2v) is 8.19. The Morgan fingerprint density at radius 1 is 1.04 bits per heavy atom. The molecule has 1 fully saturated rings. The van der Waals surface area contributed by atoms with Crippen LogP contribution < -0.4 is 9.47 Å². The number of aryl methyl sites for hydroxylation is 2. The van der Waals surface area contributed by atoms with Crippen molar-refractivity contribution in [3.05, 3.63) is 64.1 Å². The summed E-state index contributed by atoms with van der Waals surface area (Å²) in [6.07, 6.45) is 1.86. The van der Waals surface area contributed by atoms with Crippen LogP contribution in [0.25, 0.3) is 6.08 Å². The Balaban J connectivity index is 1.57. The van der Waals surface area contributed by atoms with Crippen molar-refractivity contribution in [1.29, 1.82) is 0 Å². The maximum atomic E-state index is 12.3. The molecule has 1 amide bonds. The molecular formula is C22H23NO3S2. The molecule has 0 atom stereocenters. The first-order valence-corrected chi connectivity index (χ1v) is 10.4. The molecule has 2 aromatic rings. The number of ether oxygens (including phenoxy) is 2. The lowest BCUT2D eigenvalue weighted by molar-refractivity contribution is -0.121. The second-order valence-electron chi connectivity index (χ2n) is 6.52. The van der Waals surface area contributed by atoms with E-state index in [9.17, 15) is 4.79 Å². The highest BCUT2D eigenvalue weighted by molar-refractivity contribution is 8.26. The van der Waals surface area contributed by atoms with Gasteiger partial charge in [0.2, 0.25) is 0 Å². The summed E-state index contributed by atoms with van der Waals surface area (Å²) in [5.74, 6) is 1.56. The smallest absolute Gasteiger partial charge is 0.266 e. The van der Waals surface area contributed by atoms with Crippen LogP contribution in [0, 0.1) is 13.8 Å². The lowest BCUT2D eigenvalue weighted by Crippen LogP contribution is -2.27.